The smallest absolute Gasteiger partial charge is 0.0602 e. The lowest BCUT2D eigenvalue weighted by Crippen LogP contribution is -2.59. The average molecular weight is 495 g/mol. The maximum Gasteiger partial charge on any atom is 0.0602 e. The van der Waals surface area contributed by atoms with Crippen LogP contribution in [0.1, 0.15) is 97.5 Å². The van der Waals surface area contributed by atoms with Gasteiger partial charge in [-0.1, -0.05) is 58.0 Å². The summed E-state index contributed by atoms with van der Waals surface area (Å²) in [5.74, 6) is 4.56. The van der Waals surface area contributed by atoms with Gasteiger partial charge < -0.3 is 15.7 Å². The van der Waals surface area contributed by atoms with Gasteiger partial charge in [0.25, 0.3) is 0 Å². The number of fused-ring (bicyclic) bond motifs is 5. The molecular formula is C33H54N2O. The highest BCUT2D eigenvalue weighted by molar-refractivity contribution is 5.14. The van der Waals surface area contributed by atoms with Crippen LogP contribution < -0.4 is 10.6 Å². The van der Waals surface area contributed by atoms with Crippen LogP contribution in [-0.2, 0) is 6.54 Å². The highest BCUT2D eigenvalue weighted by Gasteiger charge is 2.63. The SMILES string of the molecule is CCN[C@H]1CC[C@@]2(C)[C@H](CC[C@@H]3[C@@H]2C[C@H](O)[C@]2(C)[C@@H]([C@H](C)CCCNCc4ccccc4)CC[C@@H]32)C1. The Morgan fingerprint density at radius 1 is 1.00 bits per heavy atom. The van der Waals surface area contributed by atoms with Crippen molar-refractivity contribution in [2.75, 3.05) is 13.1 Å². The van der Waals surface area contributed by atoms with E-state index in [0.717, 1.165) is 55.8 Å². The second-order valence-corrected chi connectivity index (χ2v) is 13.8. The maximum absolute atomic E-state index is 11.8. The van der Waals surface area contributed by atoms with Gasteiger partial charge in [-0.05, 0) is 129 Å². The fourth-order valence-electron chi connectivity index (χ4n) is 10.2. The van der Waals surface area contributed by atoms with Crippen molar-refractivity contribution >= 4 is 0 Å². The van der Waals surface area contributed by atoms with E-state index >= 15 is 0 Å². The molecule has 1 aromatic rings. The Bertz CT molecular complexity index is 843. The van der Waals surface area contributed by atoms with Crippen LogP contribution >= 0.6 is 0 Å². The Kier molecular flexibility index (Phi) is 8.21. The maximum atomic E-state index is 11.8. The number of aliphatic hydroxyl groups excluding tert-OH is 1. The Morgan fingerprint density at radius 3 is 2.58 bits per heavy atom. The Balaban J connectivity index is 1.19. The van der Waals surface area contributed by atoms with E-state index in [2.05, 4.69) is 68.7 Å². The minimum absolute atomic E-state index is 0.114. The molecule has 10 atom stereocenters. The number of rotatable bonds is 9. The fourth-order valence-corrected chi connectivity index (χ4v) is 10.2. The lowest BCUT2D eigenvalue weighted by atomic mass is 9.43. The fraction of sp³-hybridized carbons (Fsp3) is 0.818. The first kappa shape index (κ1) is 26.7. The molecule has 0 amide bonds. The predicted octanol–water partition coefficient (Wildman–Crippen LogP) is 6.80. The summed E-state index contributed by atoms with van der Waals surface area (Å²) in [5.41, 5.74) is 1.95. The highest BCUT2D eigenvalue weighted by atomic mass is 16.3. The van der Waals surface area contributed by atoms with Crippen molar-refractivity contribution in [2.45, 2.75) is 111 Å². The number of hydrogen-bond acceptors (Lipinski definition) is 3. The van der Waals surface area contributed by atoms with Crippen molar-refractivity contribution in [1.29, 1.82) is 0 Å². The molecule has 0 saturated heterocycles. The lowest BCUT2D eigenvalue weighted by Gasteiger charge is -2.62. The van der Waals surface area contributed by atoms with Crippen LogP contribution in [0.3, 0.4) is 0 Å². The average Bonchev–Trinajstić information content (AvgIpc) is 3.24. The minimum Gasteiger partial charge on any atom is -0.393 e. The zero-order valence-corrected chi connectivity index (χ0v) is 23.6. The zero-order chi connectivity index (χ0) is 25.3. The van der Waals surface area contributed by atoms with Crippen LogP contribution in [-0.4, -0.2) is 30.3 Å². The second-order valence-electron chi connectivity index (χ2n) is 13.8. The van der Waals surface area contributed by atoms with Crippen LogP contribution in [0.15, 0.2) is 30.3 Å². The van der Waals surface area contributed by atoms with Crippen LogP contribution in [0, 0.1) is 46.3 Å². The molecule has 3 nitrogen and oxygen atoms in total. The molecule has 4 aliphatic rings. The van der Waals surface area contributed by atoms with Crippen LogP contribution in [0.5, 0.6) is 0 Å². The third kappa shape index (κ3) is 4.82. The number of nitrogens with one attached hydrogen (secondary N) is 2. The number of aliphatic hydroxyl groups is 1. The van der Waals surface area contributed by atoms with E-state index in [4.69, 9.17) is 0 Å². The second kappa shape index (κ2) is 11.1. The molecule has 36 heavy (non-hydrogen) atoms. The molecule has 3 N–H and O–H groups in total. The highest BCUT2D eigenvalue weighted by Crippen LogP contribution is 2.68. The molecule has 0 bridgehead atoms. The van der Waals surface area contributed by atoms with E-state index in [0.29, 0.717) is 17.3 Å². The molecule has 0 unspecified atom stereocenters. The van der Waals surface area contributed by atoms with Crippen LogP contribution in [0.2, 0.25) is 0 Å². The van der Waals surface area contributed by atoms with Gasteiger partial charge in [0.15, 0.2) is 0 Å². The van der Waals surface area contributed by atoms with E-state index in [1.807, 2.05) is 0 Å². The van der Waals surface area contributed by atoms with Crippen molar-refractivity contribution in [3.8, 4) is 0 Å². The zero-order valence-electron chi connectivity index (χ0n) is 23.6. The molecule has 4 aliphatic carbocycles. The molecule has 5 rings (SSSR count). The van der Waals surface area contributed by atoms with Gasteiger partial charge in [-0.25, -0.2) is 0 Å². The lowest BCUT2D eigenvalue weighted by molar-refractivity contribution is -0.169. The largest absolute Gasteiger partial charge is 0.393 e. The first-order valence-corrected chi connectivity index (χ1v) is 15.5. The molecule has 0 spiro atoms. The van der Waals surface area contributed by atoms with E-state index in [1.54, 1.807) is 0 Å². The molecule has 0 heterocycles. The Labute approximate surface area is 221 Å². The summed E-state index contributed by atoms with van der Waals surface area (Å²) in [5, 5.41) is 19.3. The van der Waals surface area contributed by atoms with Gasteiger partial charge in [-0.15, -0.1) is 0 Å². The predicted molar refractivity (Wildman–Crippen MR) is 151 cm³/mol. The van der Waals surface area contributed by atoms with Gasteiger partial charge in [0, 0.05) is 12.6 Å². The molecule has 0 aliphatic heterocycles. The Morgan fingerprint density at radius 2 is 1.81 bits per heavy atom. The molecule has 0 radical (unpaired) electrons. The molecule has 4 fully saturated rings. The summed E-state index contributed by atoms with van der Waals surface area (Å²) in [7, 11) is 0. The third-order valence-corrected chi connectivity index (χ3v) is 12.2. The van der Waals surface area contributed by atoms with Gasteiger partial charge in [-0.2, -0.15) is 0 Å². The minimum atomic E-state index is -0.114. The van der Waals surface area contributed by atoms with Crippen LogP contribution in [0.25, 0.3) is 0 Å². The first-order valence-electron chi connectivity index (χ1n) is 15.5. The van der Waals surface area contributed by atoms with E-state index in [-0.39, 0.29) is 11.5 Å². The van der Waals surface area contributed by atoms with Gasteiger partial charge in [0.2, 0.25) is 0 Å². The first-order chi connectivity index (χ1) is 17.4. The topological polar surface area (TPSA) is 44.3 Å². The monoisotopic (exact) mass is 494 g/mol. The number of hydrogen-bond donors (Lipinski definition) is 3. The summed E-state index contributed by atoms with van der Waals surface area (Å²) in [6, 6.07) is 11.5. The van der Waals surface area contributed by atoms with Crippen molar-refractivity contribution in [1.82, 2.24) is 10.6 Å². The molecule has 3 heteroatoms. The Hall–Kier alpha value is -0.900. The summed E-state index contributed by atoms with van der Waals surface area (Å²) >= 11 is 0. The van der Waals surface area contributed by atoms with E-state index < -0.39 is 0 Å². The van der Waals surface area contributed by atoms with Gasteiger partial charge in [0.05, 0.1) is 6.10 Å². The summed E-state index contributed by atoms with van der Waals surface area (Å²) in [6.07, 6.45) is 13.1. The summed E-state index contributed by atoms with van der Waals surface area (Å²) in [6.45, 7) is 13.0. The molecular weight excluding hydrogens is 440 g/mol. The molecule has 4 saturated carbocycles. The molecule has 0 aromatic heterocycles. The van der Waals surface area contributed by atoms with Crippen LogP contribution in [0.4, 0.5) is 0 Å². The van der Waals surface area contributed by atoms with Crippen molar-refractivity contribution in [2.24, 2.45) is 46.3 Å². The van der Waals surface area contributed by atoms with Crippen molar-refractivity contribution in [3.05, 3.63) is 35.9 Å². The summed E-state index contributed by atoms with van der Waals surface area (Å²) in [4.78, 5) is 0. The van der Waals surface area contributed by atoms with E-state index in [1.165, 1.54) is 63.4 Å². The number of benzene rings is 1. The van der Waals surface area contributed by atoms with Gasteiger partial charge in [-0.3, -0.25) is 0 Å². The summed E-state index contributed by atoms with van der Waals surface area (Å²) < 4.78 is 0. The van der Waals surface area contributed by atoms with Crippen molar-refractivity contribution < 1.29 is 5.11 Å². The van der Waals surface area contributed by atoms with E-state index in [9.17, 15) is 5.11 Å². The van der Waals surface area contributed by atoms with Crippen molar-refractivity contribution in [3.63, 3.8) is 0 Å². The molecule has 202 valence electrons. The standard InChI is InChI=1S/C33H54N2O/c1-5-35-26-17-18-32(3)25(20-26)13-14-27-29-16-15-28(33(29,4)31(36)21-30(27)32)23(2)10-9-19-34-22-24-11-7-6-8-12-24/h6-8,11-12,23,25-31,34-36H,5,9-10,13-22H2,1-4H3/t23-,25-,26+,27+,28-,29+,30+,31+,32+,33-/m1/s1. The third-order valence-electron chi connectivity index (χ3n) is 12.2. The van der Waals surface area contributed by atoms with Gasteiger partial charge >= 0.3 is 0 Å². The van der Waals surface area contributed by atoms with Gasteiger partial charge in [0.1, 0.15) is 0 Å². The molecule has 1 aromatic carbocycles. The normalized spacial score (nSPS) is 42.9. The quantitative estimate of drug-likeness (QED) is 0.331.